The molecule has 3 heterocycles. The van der Waals surface area contributed by atoms with Crippen LogP contribution in [0.1, 0.15) is 34.1 Å². The number of esters is 3. The maximum absolute atomic E-state index is 12.7. The minimum absolute atomic E-state index is 0.122. The Morgan fingerprint density at radius 1 is 1.29 bits per heavy atom. The Bertz CT molecular complexity index is 701. The summed E-state index contributed by atoms with van der Waals surface area (Å²) in [6.45, 7) is 7.21. The molecule has 7 heteroatoms. The van der Waals surface area contributed by atoms with E-state index in [0.29, 0.717) is 6.42 Å². The summed E-state index contributed by atoms with van der Waals surface area (Å²) in [5.74, 6) is -1.86. The molecule has 0 radical (unpaired) electrons. The van der Waals surface area contributed by atoms with Crippen LogP contribution in [0.5, 0.6) is 0 Å². The predicted molar refractivity (Wildman–Crippen MR) is 76.4 cm³/mol. The van der Waals surface area contributed by atoms with Gasteiger partial charge in [0.15, 0.2) is 6.10 Å². The molecule has 2 saturated carbocycles. The lowest BCUT2D eigenvalue weighted by atomic mass is 9.52. The topological polar surface area (TPSA) is 91.4 Å². The van der Waals surface area contributed by atoms with Crippen molar-refractivity contribution in [1.29, 1.82) is 0 Å². The van der Waals surface area contributed by atoms with E-state index in [9.17, 15) is 14.4 Å². The summed E-state index contributed by atoms with van der Waals surface area (Å²) in [5, 5.41) is 0. The summed E-state index contributed by atoms with van der Waals surface area (Å²) in [5.41, 5.74) is -3.11. The Labute approximate surface area is 138 Å². The first-order valence-electron chi connectivity index (χ1n) is 8.49. The van der Waals surface area contributed by atoms with Crippen molar-refractivity contribution in [2.75, 3.05) is 0 Å². The molecule has 5 aliphatic rings. The second-order valence-corrected chi connectivity index (χ2v) is 8.26. The number of ether oxygens (including phenoxy) is 4. The van der Waals surface area contributed by atoms with Crippen molar-refractivity contribution < 1.29 is 33.3 Å². The highest BCUT2D eigenvalue weighted by atomic mass is 16.7. The largest absolute Gasteiger partial charge is 0.458 e. The van der Waals surface area contributed by atoms with Gasteiger partial charge in [-0.05, 0) is 12.8 Å². The molecule has 130 valence electrons. The van der Waals surface area contributed by atoms with Crippen LogP contribution in [-0.2, 0) is 33.3 Å². The Morgan fingerprint density at radius 2 is 2.00 bits per heavy atom. The first kappa shape index (κ1) is 14.7. The minimum Gasteiger partial charge on any atom is -0.458 e. The van der Waals surface area contributed by atoms with Crippen molar-refractivity contribution in [3.05, 3.63) is 0 Å². The summed E-state index contributed by atoms with van der Waals surface area (Å²) in [4.78, 5) is 37.3. The fraction of sp³-hybridized carbons (Fsp3) is 0.824. The van der Waals surface area contributed by atoms with Crippen LogP contribution in [0.25, 0.3) is 0 Å². The second-order valence-electron chi connectivity index (χ2n) is 8.26. The smallest absolute Gasteiger partial charge is 0.342 e. The van der Waals surface area contributed by atoms with Crippen molar-refractivity contribution >= 4 is 17.9 Å². The molecule has 1 spiro atoms. The molecule has 7 nitrogen and oxygen atoms in total. The average molecular weight is 336 g/mol. The van der Waals surface area contributed by atoms with Gasteiger partial charge in [0, 0.05) is 19.3 Å². The Balaban J connectivity index is 1.77. The highest BCUT2D eigenvalue weighted by molar-refractivity contribution is 5.92. The first-order chi connectivity index (χ1) is 11.2. The standard InChI is InChI=1S/C17H20O7/c1-6(2)9-10-13(19)21-11(9)12-15(4)16(10,23-7(3)18)5-8-17(15,24-8)14(20)22-12/h6,8-12H,5H2,1-4H3. The highest BCUT2D eigenvalue weighted by Gasteiger charge is 2.96. The zero-order valence-corrected chi connectivity index (χ0v) is 14.0. The number of rotatable bonds is 2. The van der Waals surface area contributed by atoms with E-state index in [2.05, 4.69) is 0 Å². The molecule has 0 aromatic carbocycles. The van der Waals surface area contributed by atoms with Crippen LogP contribution in [0.15, 0.2) is 0 Å². The van der Waals surface area contributed by atoms with E-state index in [1.165, 1.54) is 6.92 Å². The van der Waals surface area contributed by atoms with Gasteiger partial charge in [0.2, 0.25) is 5.60 Å². The fourth-order valence-electron chi connectivity index (χ4n) is 6.27. The van der Waals surface area contributed by atoms with Crippen molar-refractivity contribution in [2.24, 2.45) is 23.2 Å². The SMILES string of the molecule is CC(=O)OC12CC3OC34C(=O)OC(C3OC(=O)C1C3C(C)C)C24C. The molecule has 24 heavy (non-hydrogen) atoms. The number of carbonyl (C=O) groups is 3. The molecule has 2 bridgehead atoms. The van der Waals surface area contributed by atoms with Crippen LogP contribution >= 0.6 is 0 Å². The van der Waals surface area contributed by atoms with E-state index in [1.54, 1.807) is 0 Å². The Kier molecular flexibility index (Phi) is 2.32. The lowest BCUT2D eigenvalue weighted by Crippen LogP contribution is -2.68. The molecule has 0 aromatic heterocycles. The van der Waals surface area contributed by atoms with Crippen molar-refractivity contribution in [1.82, 2.24) is 0 Å². The van der Waals surface area contributed by atoms with Crippen LogP contribution in [0, 0.1) is 23.2 Å². The summed E-state index contributed by atoms with van der Waals surface area (Å²) in [7, 11) is 0. The second kappa shape index (κ2) is 3.79. The molecule has 5 rings (SSSR count). The molecule has 3 saturated heterocycles. The third-order valence-electron chi connectivity index (χ3n) is 7.14. The van der Waals surface area contributed by atoms with Gasteiger partial charge in [0.05, 0.1) is 5.41 Å². The Morgan fingerprint density at radius 3 is 2.62 bits per heavy atom. The van der Waals surface area contributed by atoms with Crippen LogP contribution in [0.4, 0.5) is 0 Å². The van der Waals surface area contributed by atoms with E-state index in [1.807, 2.05) is 20.8 Å². The van der Waals surface area contributed by atoms with Gasteiger partial charge in [-0.2, -0.15) is 0 Å². The quantitative estimate of drug-likeness (QED) is 0.414. The van der Waals surface area contributed by atoms with Crippen LogP contribution < -0.4 is 0 Å². The van der Waals surface area contributed by atoms with Gasteiger partial charge < -0.3 is 18.9 Å². The molecule has 8 atom stereocenters. The molecule has 0 amide bonds. The van der Waals surface area contributed by atoms with Gasteiger partial charge in [-0.25, -0.2) is 4.79 Å². The highest BCUT2D eigenvalue weighted by Crippen LogP contribution is 2.78. The van der Waals surface area contributed by atoms with E-state index in [4.69, 9.17) is 18.9 Å². The van der Waals surface area contributed by atoms with Gasteiger partial charge in [-0.3, -0.25) is 9.59 Å². The molecule has 2 aliphatic carbocycles. The number of hydrogen-bond acceptors (Lipinski definition) is 7. The molecule has 0 aromatic rings. The van der Waals surface area contributed by atoms with Gasteiger partial charge in [0.1, 0.15) is 23.7 Å². The molecule has 3 aliphatic heterocycles. The number of hydrogen-bond donors (Lipinski definition) is 0. The lowest BCUT2D eigenvalue weighted by Gasteiger charge is -2.53. The molecular weight excluding hydrogens is 316 g/mol. The van der Waals surface area contributed by atoms with Crippen molar-refractivity contribution in [3.63, 3.8) is 0 Å². The maximum Gasteiger partial charge on any atom is 0.342 e. The molecule has 5 fully saturated rings. The van der Waals surface area contributed by atoms with E-state index < -0.39 is 46.7 Å². The molecular formula is C17H20O7. The van der Waals surface area contributed by atoms with Crippen molar-refractivity contribution in [2.45, 2.75) is 63.6 Å². The summed E-state index contributed by atoms with van der Waals surface area (Å²) >= 11 is 0. The third-order valence-corrected chi connectivity index (χ3v) is 7.14. The van der Waals surface area contributed by atoms with Crippen LogP contribution in [0.3, 0.4) is 0 Å². The average Bonchev–Trinajstić information content (AvgIpc) is 2.94. The first-order valence-corrected chi connectivity index (χ1v) is 8.49. The van der Waals surface area contributed by atoms with E-state index >= 15 is 0 Å². The Hall–Kier alpha value is -1.63. The monoisotopic (exact) mass is 336 g/mol. The zero-order valence-electron chi connectivity index (χ0n) is 14.0. The van der Waals surface area contributed by atoms with Crippen LogP contribution in [0.2, 0.25) is 0 Å². The summed E-state index contributed by atoms with van der Waals surface area (Å²) in [6, 6.07) is 0. The van der Waals surface area contributed by atoms with E-state index in [-0.39, 0.29) is 23.9 Å². The normalized spacial score (nSPS) is 55.8. The fourth-order valence-corrected chi connectivity index (χ4v) is 6.27. The minimum atomic E-state index is -1.11. The van der Waals surface area contributed by atoms with Gasteiger partial charge in [0.25, 0.3) is 0 Å². The zero-order chi connectivity index (χ0) is 17.2. The van der Waals surface area contributed by atoms with E-state index in [0.717, 1.165) is 0 Å². The summed E-state index contributed by atoms with van der Waals surface area (Å²) in [6.07, 6.45) is -1.18. The number of fused-ring (bicyclic) bond motifs is 4. The van der Waals surface area contributed by atoms with Gasteiger partial charge >= 0.3 is 17.9 Å². The number of carbonyl (C=O) groups excluding carboxylic acids is 3. The van der Waals surface area contributed by atoms with Gasteiger partial charge in [-0.1, -0.05) is 13.8 Å². The number of epoxide rings is 1. The molecule has 8 unspecified atom stereocenters. The van der Waals surface area contributed by atoms with Crippen LogP contribution in [-0.4, -0.2) is 47.4 Å². The van der Waals surface area contributed by atoms with Gasteiger partial charge in [-0.15, -0.1) is 0 Å². The maximum atomic E-state index is 12.7. The molecule has 0 N–H and O–H groups in total. The third kappa shape index (κ3) is 1.15. The lowest BCUT2D eigenvalue weighted by molar-refractivity contribution is -0.226. The predicted octanol–water partition coefficient (Wildman–Crippen LogP) is 0.589. The summed E-state index contributed by atoms with van der Waals surface area (Å²) < 4.78 is 22.9. The van der Waals surface area contributed by atoms with Crippen molar-refractivity contribution in [3.8, 4) is 0 Å².